The van der Waals surface area contributed by atoms with Gasteiger partial charge in [-0.2, -0.15) is 18.2 Å². The highest BCUT2D eigenvalue weighted by atomic mass is 19.4. The zero-order valence-electron chi connectivity index (χ0n) is 18.2. The minimum Gasteiger partial charge on any atom is -0.481 e. The highest BCUT2D eigenvalue weighted by molar-refractivity contribution is 5.96. The van der Waals surface area contributed by atoms with Crippen LogP contribution in [0.15, 0.2) is 47.0 Å². The van der Waals surface area contributed by atoms with E-state index in [4.69, 9.17) is 9.52 Å². The molecule has 0 saturated carbocycles. The molecule has 0 atom stereocenters. The average molecular weight is 492 g/mol. The monoisotopic (exact) mass is 492 g/mol. The Kier molecular flexibility index (Phi) is 6.72. The zero-order chi connectivity index (χ0) is 25.2. The van der Waals surface area contributed by atoms with Crippen LogP contribution < -0.4 is 10.2 Å². The van der Waals surface area contributed by atoms with Crippen molar-refractivity contribution in [1.29, 1.82) is 0 Å². The van der Waals surface area contributed by atoms with Gasteiger partial charge in [-0.1, -0.05) is 18.2 Å². The summed E-state index contributed by atoms with van der Waals surface area (Å²) in [5.41, 5.74) is -1.31. The van der Waals surface area contributed by atoms with Crippen LogP contribution in [0.5, 0.6) is 0 Å². The number of piperidine rings is 1. The molecular formula is C23H20F4N4O4. The summed E-state index contributed by atoms with van der Waals surface area (Å²) in [7, 11) is 0. The molecule has 1 fully saturated rings. The predicted molar refractivity (Wildman–Crippen MR) is 116 cm³/mol. The Hall–Kier alpha value is -3.96. The highest BCUT2D eigenvalue weighted by Crippen LogP contribution is 2.34. The molecule has 1 aromatic carbocycles. The van der Waals surface area contributed by atoms with Crippen molar-refractivity contribution in [2.24, 2.45) is 5.92 Å². The number of halogens is 4. The molecule has 3 aromatic rings. The number of nitrogens with one attached hydrogen (secondary N) is 1. The average Bonchev–Trinajstić information content (AvgIpc) is 3.26. The summed E-state index contributed by atoms with van der Waals surface area (Å²) in [4.78, 5) is 33.2. The number of nitrogens with zero attached hydrogens (tertiary/aromatic N) is 3. The molecule has 0 aliphatic carbocycles. The Morgan fingerprint density at radius 3 is 2.46 bits per heavy atom. The number of aliphatic carboxylic acids is 1. The Morgan fingerprint density at radius 2 is 1.86 bits per heavy atom. The Bertz CT molecular complexity index is 1220. The van der Waals surface area contributed by atoms with Gasteiger partial charge in [0, 0.05) is 25.7 Å². The van der Waals surface area contributed by atoms with Gasteiger partial charge in [-0.25, -0.2) is 9.37 Å². The van der Waals surface area contributed by atoms with E-state index in [1.165, 1.54) is 24.4 Å². The lowest BCUT2D eigenvalue weighted by Crippen LogP contribution is -2.36. The van der Waals surface area contributed by atoms with Crippen molar-refractivity contribution in [2.45, 2.75) is 25.4 Å². The van der Waals surface area contributed by atoms with Crippen molar-refractivity contribution < 1.29 is 36.7 Å². The van der Waals surface area contributed by atoms with E-state index in [1.807, 2.05) is 4.90 Å². The number of Topliss-reactive ketones (excluding diaryl/α,β-unsaturated/α-hetero) is 1. The normalized spacial score (nSPS) is 14.7. The molecule has 184 valence electrons. The number of anilines is 3. The van der Waals surface area contributed by atoms with Crippen LogP contribution in [0.3, 0.4) is 0 Å². The number of hydrogen-bond acceptors (Lipinski definition) is 7. The van der Waals surface area contributed by atoms with E-state index in [0.717, 1.165) is 6.07 Å². The molecule has 1 aliphatic rings. The molecule has 8 nitrogen and oxygen atoms in total. The quantitative estimate of drug-likeness (QED) is 0.361. The number of aromatic nitrogens is 2. The van der Waals surface area contributed by atoms with E-state index in [-0.39, 0.29) is 5.69 Å². The summed E-state index contributed by atoms with van der Waals surface area (Å²) in [6, 6.07) is 7.79. The number of carboxylic acid groups (broad SMARTS) is 1. The summed E-state index contributed by atoms with van der Waals surface area (Å²) in [6.45, 7) is 1.01. The lowest BCUT2D eigenvalue weighted by atomic mass is 9.97. The largest absolute Gasteiger partial charge is 0.481 e. The number of alkyl halides is 3. The number of carbonyl (C=O) groups excluding carboxylic acids is 1. The molecule has 0 bridgehead atoms. The fraction of sp³-hybridized carbons (Fsp3) is 0.304. The smallest absolute Gasteiger partial charge is 0.437 e. The molecule has 12 heteroatoms. The van der Waals surface area contributed by atoms with Crippen molar-refractivity contribution in [1.82, 2.24) is 9.97 Å². The van der Waals surface area contributed by atoms with E-state index >= 15 is 0 Å². The van der Waals surface area contributed by atoms with Gasteiger partial charge >= 0.3 is 12.1 Å². The molecule has 35 heavy (non-hydrogen) atoms. The Balaban J connectivity index is 1.48. The van der Waals surface area contributed by atoms with Gasteiger partial charge in [-0.05, 0) is 36.6 Å². The van der Waals surface area contributed by atoms with Crippen LogP contribution in [0.4, 0.5) is 35.1 Å². The van der Waals surface area contributed by atoms with Crippen molar-refractivity contribution >= 4 is 29.3 Å². The Labute approximate surface area is 196 Å². The van der Waals surface area contributed by atoms with Gasteiger partial charge in [-0.15, -0.1) is 0 Å². The zero-order valence-corrected chi connectivity index (χ0v) is 18.2. The minimum atomic E-state index is -4.96. The molecule has 2 aromatic heterocycles. The number of oxazole rings is 1. The second-order valence-corrected chi connectivity index (χ2v) is 8.02. The number of benzene rings is 1. The van der Waals surface area contributed by atoms with Gasteiger partial charge in [0.1, 0.15) is 11.6 Å². The van der Waals surface area contributed by atoms with E-state index in [9.17, 15) is 27.2 Å². The molecule has 0 amide bonds. The Morgan fingerprint density at radius 1 is 1.14 bits per heavy atom. The second-order valence-electron chi connectivity index (χ2n) is 8.02. The lowest BCUT2D eigenvalue weighted by molar-refractivity contribution is -0.142. The maximum Gasteiger partial charge on any atom is 0.437 e. The third-order valence-corrected chi connectivity index (χ3v) is 5.61. The van der Waals surface area contributed by atoms with Crippen molar-refractivity contribution in [3.63, 3.8) is 0 Å². The van der Waals surface area contributed by atoms with Crippen LogP contribution >= 0.6 is 0 Å². The lowest BCUT2D eigenvalue weighted by Gasteiger charge is -2.31. The van der Waals surface area contributed by atoms with Crippen molar-refractivity contribution in [3.8, 4) is 0 Å². The van der Waals surface area contributed by atoms with Gasteiger partial charge in [0.25, 0.3) is 6.01 Å². The maximum absolute atomic E-state index is 13.8. The van der Waals surface area contributed by atoms with Gasteiger partial charge < -0.3 is 19.7 Å². The molecule has 0 unspecified atom stereocenters. The van der Waals surface area contributed by atoms with Crippen LogP contribution in [0.2, 0.25) is 0 Å². The fourth-order valence-corrected chi connectivity index (χ4v) is 3.76. The summed E-state index contributed by atoms with van der Waals surface area (Å²) in [6.07, 6.45) is -3.06. The standard InChI is InChI=1S/C23H20F4N4O4/c24-15-3-1-2-4-16(15)29-22-30-20(23(25,26)27)19(35-22)17(32)11-13-5-6-18(28-12-13)31-9-7-14(8-10-31)21(33)34/h1-6,12,14H,7-11H2,(H,29,30)(H,33,34). The molecule has 4 rings (SSSR count). The molecule has 1 saturated heterocycles. The van der Waals surface area contributed by atoms with Gasteiger partial charge in [0.15, 0.2) is 5.69 Å². The van der Waals surface area contributed by atoms with Gasteiger partial charge in [0.2, 0.25) is 11.5 Å². The topological polar surface area (TPSA) is 109 Å². The molecule has 0 spiro atoms. The molecular weight excluding hydrogens is 472 g/mol. The molecule has 3 heterocycles. The van der Waals surface area contributed by atoms with E-state index in [2.05, 4.69) is 15.3 Å². The number of para-hydroxylation sites is 1. The number of ketones is 1. The van der Waals surface area contributed by atoms with E-state index < -0.39 is 53.6 Å². The van der Waals surface area contributed by atoms with Crippen molar-refractivity contribution in [3.05, 3.63) is 65.4 Å². The summed E-state index contributed by atoms with van der Waals surface area (Å²) in [5, 5.41) is 11.4. The number of hydrogen-bond donors (Lipinski definition) is 2. The third-order valence-electron chi connectivity index (χ3n) is 5.61. The summed E-state index contributed by atoms with van der Waals surface area (Å²) < 4.78 is 59.3. The minimum absolute atomic E-state index is 0.159. The number of rotatable bonds is 7. The van der Waals surface area contributed by atoms with E-state index in [0.29, 0.717) is 37.3 Å². The second kappa shape index (κ2) is 9.72. The van der Waals surface area contributed by atoms with Crippen LogP contribution in [-0.4, -0.2) is 39.9 Å². The fourth-order valence-electron chi connectivity index (χ4n) is 3.76. The van der Waals surface area contributed by atoms with Gasteiger partial charge in [0.05, 0.1) is 11.6 Å². The molecule has 0 radical (unpaired) electrons. The van der Waals surface area contributed by atoms with Crippen molar-refractivity contribution in [2.75, 3.05) is 23.3 Å². The number of carboxylic acids is 1. The van der Waals surface area contributed by atoms with Crippen LogP contribution in [0, 0.1) is 11.7 Å². The SMILES string of the molecule is O=C(Cc1ccc(N2CCC(C(=O)O)CC2)nc1)c1oc(Nc2ccccc2F)nc1C(F)(F)F. The third kappa shape index (κ3) is 5.58. The summed E-state index contributed by atoms with van der Waals surface area (Å²) >= 11 is 0. The first-order chi connectivity index (χ1) is 16.6. The maximum atomic E-state index is 13.8. The molecule has 1 aliphatic heterocycles. The van der Waals surface area contributed by atoms with Gasteiger partial charge in [-0.3, -0.25) is 9.59 Å². The highest BCUT2D eigenvalue weighted by Gasteiger charge is 2.41. The number of pyridine rings is 1. The first kappa shape index (κ1) is 24.2. The van der Waals surface area contributed by atoms with Crippen LogP contribution in [0.25, 0.3) is 0 Å². The number of carbonyl (C=O) groups is 2. The first-order valence-electron chi connectivity index (χ1n) is 10.7. The predicted octanol–water partition coefficient (Wildman–Crippen LogP) is 4.70. The summed E-state index contributed by atoms with van der Waals surface area (Å²) in [5.74, 6) is -3.34. The van der Waals surface area contributed by atoms with Crippen LogP contribution in [0.1, 0.15) is 34.7 Å². The first-order valence-corrected chi connectivity index (χ1v) is 10.7. The molecule has 2 N–H and O–H groups in total. The van der Waals surface area contributed by atoms with Crippen LogP contribution in [-0.2, 0) is 17.4 Å². The van der Waals surface area contributed by atoms with E-state index in [1.54, 1.807) is 12.1 Å².